The van der Waals surface area contributed by atoms with Gasteiger partial charge in [-0.15, -0.1) is 0 Å². The van der Waals surface area contributed by atoms with E-state index in [0.717, 1.165) is 60.7 Å². The summed E-state index contributed by atoms with van der Waals surface area (Å²) in [5, 5.41) is 215. The van der Waals surface area contributed by atoms with E-state index in [4.69, 9.17) is 18.9 Å². The summed E-state index contributed by atoms with van der Waals surface area (Å²) in [6.45, 7) is 0. The smallest absolute Gasteiger partial charge is 0.157 e. The van der Waals surface area contributed by atoms with Crippen LogP contribution in [0.25, 0.3) is 0 Å². The molecule has 0 saturated heterocycles. The summed E-state index contributed by atoms with van der Waals surface area (Å²) >= 11 is 0. The average molecular weight is 1160 g/mol. The fourth-order valence-electron chi connectivity index (χ4n) is 11.4. The van der Waals surface area contributed by atoms with Gasteiger partial charge in [0, 0.05) is 82.6 Å². The van der Waals surface area contributed by atoms with Crippen LogP contribution >= 0.6 is 0 Å². The van der Waals surface area contributed by atoms with Crippen molar-refractivity contribution in [1.29, 1.82) is 0 Å². The molecule has 10 atom stereocenters. The van der Waals surface area contributed by atoms with Crippen LogP contribution < -0.4 is 18.9 Å². The van der Waals surface area contributed by atoms with Gasteiger partial charge in [-0.1, -0.05) is 24.3 Å². The van der Waals surface area contributed by atoms with Crippen LogP contribution in [-0.2, 0) is 12.8 Å². The highest BCUT2D eigenvalue weighted by atomic mass is 16.5. The third-order valence-electron chi connectivity index (χ3n) is 15.3. The van der Waals surface area contributed by atoms with Crippen LogP contribution in [0, 0.1) is 0 Å². The lowest BCUT2D eigenvalue weighted by molar-refractivity contribution is -0.00562. The molecule has 0 unspecified atom stereocenters. The summed E-state index contributed by atoms with van der Waals surface area (Å²) in [7, 11) is 0. The maximum atomic E-state index is 12.5. The highest BCUT2D eigenvalue weighted by Crippen LogP contribution is 2.62. The van der Waals surface area contributed by atoms with Gasteiger partial charge >= 0.3 is 0 Å². The second-order valence-corrected chi connectivity index (χ2v) is 20.7. The summed E-state index contributed by atoms with van der Waals surface area (Å²) in [5.41, 5.74) is -0.201. The van der Waals surface area contributed by atoms with Gasteiger partial charge in [0.1, 0.15) is 93.4 Å². The average Bonchev–Trinajstić information content (AvgIpc) is 1.69. The minimum absolute atomic E-state index is 0.0127. The minimum atomic E-state index is -1.90. The number of ether oxygens (including phenoxy) is 4. The Hall–Kier alpha value is -10.4. The Bertz CT molecular complexity index is 3940. The fraction of sp³-hybridized carbons (Fsp3) is 0.200. The standard InChI is InChI=1S/C45H38O18.C15H14O6/c46-18-10-27(54)33-32(11-18)61-42(16-2-5-21(48)25(52)8-16)39(59)37(33)35-29(56)14-30(57)36-38(40(60)43(63-45(35)36)17-3-6-22(49)26(53)9-17)34-28(55)13-23(50)19-12-31(58)41(62-44(19)34)15-1-4-20(47)24(51)7-15;16-8-4-11(18)9-6-13(20)15(21-14(9)5-8)7-1-2-10(17)12(19)3-7/h1-11,13-14,31,37-43,46-60H,12H2;1-5,13,15-20H,6H2/t31-,37-,38+,39-,40-,41-,42-,43-;13-,15-/m11/s1. The molecule has 24 nitrogen and oxygen atoms in total. The first-order valence-electron chi connectivity index (χ1n) is 25.6. The van der Waals surface area contributed by atoms with Gasteiger partial charge in [-0.2, -0.15) is 0 Å². The van der Waals surface area contributed by atoms with Crippen LogP contribution in [0.4, 0.5) is 0 Å². The Morgan fingerprint density at radius 3 is 1.08 bits per heavy atom. The summed E-state index contributed by atoms with van der Waals surface area (Å²) in [4.78, 5) is 0. The molecule has 0 aliphatic carbocycles. The van der Waals surface area contributed by atoms with E-state index in [1.165, 1.54) is 48.5 Å². The molecule has 0 radical (unpaired) electrons. The van der Waals surface area contributed by atoms with E-state index in [9.17, 15) is 102 Å². The first-order chi connectivity index (χ1) is 39.9. The van der Waals surface area contributed by atoms with Crippen LogP contribution in [0.5, 0.6) is 115 Å². The summed E-state index contributed by atoms with van der Waals surface area (Å²) in [6, 6.07) is 21.1. The van der Waals surface area contributed by atoms with Crippen LogP contribution in [0.15, 0.2) is 109 Å². The van der Waals surface area contributed by atoms with E-state index in [-0.39, 0.29) is 97.6 Å². The Kier molecular flexibility index (Phi) is 13.8. The summed E-state index contributed by atoms with van der Waals surface area (Å²) in [6.07, 6.45) is -11.5. The molecule has 0 bridgehead atoms. The van der Waals surface area contributed by atoms with Gasteiger partial charge in [-0.25, -0.2) is 0 Å². The number of aliphatic hydroxyl groups excluding tert-OH is 4. The van der Waals surface area contributed by atoms with Crippen molar-refractivity contribution in [1.82, 2.24) is 0 Å². The van der Waals surface area contributed by atoms with Gasteiger partial charge in [0.15, 0.2) is 58.2 Å². The van der Waals surface area contributed by atoms with Gasteiger partial charge in [0.05, 0.1) is 24.0 Å². The van der Waals surface area contributed by atoms with Crippen molar-refractivity contribution < 1.29 is 121 Å². The third-order valence-corrected chi connectivity index (χ3v) is 15.3. The molecule has 4 aliphatic heterocycles. The molecular formula is C60H52O24. The molecule has 8 aromatic rings. The summed E-state index contributed by atoms with van der Waals surface area (Å²) in [5.74, 6) is -12.1. The Labute approximate surface area is 473 Å². The maximum Gasteiger partial charge on any atom is 0.157 e. The number of rotatable bonds is 6. The van der Waals surface area contributed by atoms with Crippen LogP contribution in [-0.4, -0.2) is 127 Å². The lowest BCUT2D eigenvalue weighted by Gasteiger charge is -2.43. The summed E-state index contributed by atoms with van der Waals surface area (Å²) < 4.78 is 24.5. The first kappa shape index (κ1) is 55.5. The van der Waals surface area contributed by atoms with Crippen molar-refractivity contribution in [3.05, 3.63) is 165 Å². The van der Waals surface area contributed by atoms with E-state index in [1.807, 2.05) is 0 Å². The number of phenols is 16. The molecule has 0 saturated carbocycles. The van der Waals surface area contributed by atoms with Crippen molar-refractivity contribution in [3.63, 3.8) is 0 Å². The van der Waals surface area contributed by atoms with E-state index in [2.05, 4.69) is 0 Å². The molecule has 12 rings (SSSR count). The van der Waals surface area contributed by atoms with E-state index in [0.29, 0.717) is 11.1 Å². The quantitative estimate of drug-likeness (QED) is 0.0850. The zero-order chi connectivity index (χ0) is 60.1. The lowest BCUT2D eigenvalue weighted by atomic mass is 9.73. The molecule has 0 spiro atoms. The Balaban J connectivity index is 0.000000293. The molecule has 24 heteroatoms. The zero-order valence-corrected chi connectivity index (χ0v) is 43.2. The molecule has 436 valence electrons. The highest BCUT2D eigenvalue weighted by Gasteiger charge is 2.51. The molecule has 84 heavy (non-hydrogen) atoms. The number of aromatic hydroxyl groups is 16. The van der Waals surface area contributed by atoms with Crippen molar-refractivity contribution in [2.75, 3.05) is 0 Å². The van der Waals surface area contributed by atoms with Gasteiger partial charge in [0.25, 0.3) is 0 Å². The van der Waals surface area contributed by atoms with E-state index >= 15 is 0 Å². The Morgan fingerprint density at radius 1 is 0.274 bits per heavy atom. The normalized spacial score (nSPS) is 22.9. The molecule has 8 aromatic carbocycles. The predicted molar refractivity (Wildman–Crippen MR) is 287 cm³/mol. The van der Waals surface area contributed by atoms with Crippen LogP contribution in [0.3, 0.4) is 0 Å². The van der Waals surface area contributed by atoms with Crippen molar-refractivity contribution in [2.24, 2.45) is 0 Å². The van der Waals surface area contributed by atoms with E-state index < -0.39 is 135 Å². The van der Waals surface area contributed by atoms with E-state index in [1.54, 1.807) is 0 Å². The third kappa shape index (κ3) is 9.52. The number of phenolic OH excluding ortho intramolecular Hbond substituents is 16. The second kappa shape index (κ2) is 20.9. The largest absolute Gasteiger partial charge is 0.508 e. The number of hydrogen-bond donors (Lipinski definition) is 20. The molecule has 0 aromatic heterocycles. The van der Waals surface area contributed by atoms with Gasteiger partial charge < -0.3 is 121 Å². The molecule has 0 fully saturated rings. The topological polar surface area (TPSA) is 442 Å². The molecular weight excluding hydrogens is 1100 g/mol. The predicted octanol–water partition coefficient (Wildman–Crippen LogP) is 5.99. The molecule has 20 N–H and O–H groups in total. The van der Waals surface area contributed by atoms with Gasteiger partial charge in [0.2, 0.25) is 0 Å². The monoisotopic (exact) mass is 1160 g/mol. The zero-order valence-electron chi connectivity index (χ0n) is 43.2. The number of fused-ring (bicyclic) bond motifs is 4. The molecule has 4 heterocycles. The first-order valence-corrected chi connectivity index (χ1v) is 25.6. The fourth-order valence-corrected chi connectivity index (χ4v) is 11.4. The maximum absolute atomic E-state index is 12.5. The van der Waals surface area contributed by atoms with Crippen molar-refractivity contribution >= 4 is 0 Å². The minimum Gasteiger partial charge on any atom is -0.508 e. The Morgan fingerprint density at radius 2 is 0.607 bits per heavy atom. The van der Waals surface area contributed by atoms with Gasteiger partial charge in [-0.05, 0) is 70.8 Å². The molecule has 4 aliphatic rings. The SMILES string of the molecule is Oc1cc(O)c2c(c1)O[C@H](c1ccc(O)c(O)c1)[C@H](O)C2.Oc1cc(O)c2c(c1)O[C@H](c1ccc(O)c(O)c1)[C@H](O)[C@H]2c1c(O)cc(O)c2c1O[C@H](c1ccc(O)c(O)c1)[C@H](O)[C@H]2c1c(O)cc(O)c2c1O[C@H](c1ccc(O)c(O)c1)[C@H](O)C2. The van der Waals surface area contributed by atoms with Gasteiger partial charge in [-0.3, -0.25) is 0 Å². The lowest BCUT2D eigenvalue weighted by Crippen LogP contribution is -2.39. The number of hydrogen-bond acceptors (Lipinski definition) is 24. The van der Waals surface area contributed by atoms with Crippen LogP contribution in [0.2, 0.25) is 0 Å². The van der Waals surface area contributed by atoms with Crippen molar-refractivity contribution in [3.8, 4) is 115 Å². The molecule has 0 amide bonds. The van der Waals surface area contributed by atoms with Crippen LogP contribution in [0.1, 0.15) is 91.9 Å². The number of benzene rings is 8. The highest BCUT2D eigenvalue weighted by molar-refractivity contribution is 5.71. The second-order valence-electron chi connectivity index (χ2n) is 20.7. The van der Waals surface area contributed by atoms with Crippen molar-refractivity contribution in [2.45, 2.75) is 73.5 Å². The number of aliphatic hydroxyl groups is 4.